The number of hydrogen-bond acceptors (Lipinski definition) is 5. The van der Waals surface area contributed by atoms with Crippen molar-refractivity contribution in [1.82, 2.24) is 4.31 Å². The van der Waals surface area contributed by atoms with Crippen molar-refractivity contribution < 1.29 is 13.2 Å². The first-order valence-corrected chi connectivity index (χ1v) is 13.1. The molecule has 1 amide bonds. The van der Waals surface area contributed by atoms with E-state index in [1.54, 1.807) is 12.1 Å². The molecule has 2 heterocycles. The molecule has 2 aromatic carbocycles. The smallest absolute Gasteiger partial charge is 0.244 e. The van der Waals surface area contributed by atoms with Crippen LogP contribution in [0.5, 0.6) is 0 Å². The highest BCUT2D eigenvalue weighted by molar-refractivity contribution is 7.89. The van der Waals surface area contributed by atoms with E-state index in [1.807, 2.05) is 18.2 Å². The maximum Gasteiger partial charge on any atom is 0.244 e. The van der Waals surface area contributed by atoms with E-state index in [-0.39, 0.29) is 35.4 Å². The number of nitrogens with zero attached hydrogens (tertiary/aromatic N) is 3. The number of benzene rings is 2. The molecule has 0 aliphatic carbocycles. The van der Waals surface area contributed by atoms with Crippen molar-refractivity contribution in [1.29, 1.82) is 5.26 Å². The SMILES string of the molecule is N#Cc1ccccc1S(=O)(=O)N1CCC(C(=O)Nc2ccc(N3CCCCCC3)cc2)CC1. The molecule has 33 heavy (non-hydrogen) atoms. The fourth-order valence-electron chi connectivity index (χ4n) is 4.61. The van der Waals surface area contributed by atoms with Crippen LogP contribution in [-0.2, 0) is 14.8 Å². The summed E-state index contributed by atoms with van der Waals surface area (Å²) in [5.41, 5.74) is 2.09. The number of amides is 1. The van der Waals surface area contributed by atoms with Crippen molar-refractivity contribution in [2.45, 2.75) is 43.4 Å². The number of rotatable bonds is 5. The topological polar surface area (TPSA) is 93.5 Å². The number of piperidine rings is 1. The third-order valence-corrected chi connectivity index (χ3v) is 8.51. The van der Waals surface area contributed by atoms with Gasteiger partial charge >= 0.3 is 0 Å². The van der Waals surface area contributed by atoms with Gasteiger partial charge in [0.1, 0.15) is 6.07 Å². The van der Waals surface area contributed by atoms with E-state index in [4.69, 9.17) is 0 Å². The average molecular weight is 467 g/mol. The molecule has 0 aromatic heterocycles. The largest absolute Gasteiger partial charge is 0.372 e. The first-order chi connectivity index (χ1) is 16.0. The molecule has 2 aromatic rings. The van der Waals surface area contributed by atoms with Gasteiger partial charge in [-0.25, -0.2) is 8.42 Å². The van der Waals surface area contributed by atoms with Crippen molar-refractivity contribution >= 4 is 27.3 Å². The summed E-state index contributed by atoms with van der Waals surface area (Å²) in [5.74, 6) is -0.320. The molecule has 7 nitrogen and oxygen atoms in total. The van der Waals surface area contributed by atoms with Crippen LogP contribution in [0.4, 0.5) is 11.4 Å². The van der Waals surface area contributed by atoms with E-state index < -0.39 is 10.0 Å². The van der Waals surface area contributed by atoms with Gasteiger partial charge in [-0.3, -0.25) is 4.79 Å². The van der Waals surface area contributed by atoms with Crippen LogP contribution in [0.2, 0.25) is 0 Å². The highest BCUT2D eigenvalue weighted by Gasteiger charge is 2.33. The molecular formula is C25H30N4O3S. The highest BCUT2D eigenvalue weighted by Crippen LogP contribution is 2.27. The summed E-state index contributed by atoms with van der Waals surface area (Å²) in [5, 5.41) is 12.2. The minimum atomic E-state index is -3.76. The molecule has 4 rings (SSSR count). The lowest BCUT2D eigenvalue weighted by Gasteiger charge is -2.30. The minimum absolute atomic E-state index is 0.0277. The number of carbonyl (C=O) groups is 1. The first-order valence-electron chi connectivity index (χ1n) is 11.6. The van der Waals surface area contributed by atoms with Crippen LogP contribution in [0.25, 0.3) is 0 Å². The number of nitriles is 1. The fourth-order valence-corrected chi connectivity index (χ4v) is 6.22. The van der Waals surface area contributed by atoms with E-state index in [0.29, 0.717) is 12.8 Å². The Morgan fingerprint density at radius 1 is 0.909 bits per heavy atom. The Balaban J connectivity index is 1.33. The number of hydrogen-bond donors (Lipinski definition) is 1. The Bertz CT molecular complexity index is 1110. The summed E-state index contributed by atoms with van der Waals surface area (Å²) >= 11 is 0. The van der Waals surface area contributed by atoms with Crippen LogP contribution < -0.4 is 10.2 Å². The second-order valence-corrected chi connectivity index (χ2v) is 10.6. The lowest BCUT2D eigenvalue weighted by Crippen LogP contribution is -2.41. The third-order valence-electron chi connectivity index (χ3n) is 6.56. The number of anilines is 2. The van der Waals surface area contributed by atoms with Crippen LogP contribution in [0.3, 0.4) is 0 Å². The van der Waals surface area contributed by atoms with Gasteiger partial charge in [0.25, 0.3) is 0 Å². The summed E-state index contributed by atoms with van der Waals surface area (Å²) < 4.78 is 27.4. The molecule has 2 aliphatic heterocycles. The summed E-state index contributed by atoms with van der Waals surface area (Å²) in [6.45, 7) is 2.67. The number of carbonyl (C=O) groups excluding carboxylic acids is 1. The predicted molar refractivity (Wildman–Crippen MR) is 128 cm³/mol. The Kier molecular flexibility index (Phi) is 7.31. The molecule has 174 valence electrons. The molecule has 0 bridgehead atoms. The van der Waals surface area contributed by atoms with E-state index in [2.05, 4.69) is 22.3 Å². The average Bonchev–Trinajstić information content (AvgIpc) is 3.14. The van der Waals surface area contributed by atoms with Crippen molar-refractivity contribution in [3.63, 3.8) is 0 Å². The highest BCUT2D eigenvalue weighted by atomic mass is 32.2. The standard InChI is InChI=1S/C25H30N4O3S/c26-19-21-7-3-4-8-24(21)33(31,32)29-17-13-20(14-18-29)25(30)27-22-9-11-23(12-10-22)28-15-5-1-2-6-16-28/h3-4,7-12,20H,1-2,5-6,13-18H2,(H,27,30). The van der Waals surface area contributed by atoms with Gasteiger partial charge in [0, 0.05) is 43.5 Å². The summed E-state index contributed by atoms with van der Waals surface area (Å²) in [4.78, 5) is 15.2. The molecule has 8 heteroatoms. The summed E-state index contributed by atoms with van der Waals surface area (Å²) in [6, 6.07) is 16.2. The Morgan fingerprint density at radius 3 is 2.18 bits per heavy atom. The normalized spacial score (nSPS) is 18.3. The first kappa shape index (κ1) is 23.3. The fraction of sp³-hybridized carbons (Fsp3) is 0.440. The lowest BCUT2D eigenvalue weighted by molar-refractivity contribution is -0.120. The van der Waals surface area contributed by atoms with Crippen LogP contribution in [0.15, 0.2) is 53.4 Å². The molecule has 1 N–H and O–H groups in total. The molecule has 0 unspecified atom stereocenters. The molecule has 0 atom stereocenters. The van der Waals surface area contributed by atoms with Gasteiger partial charge in [-0.1, -0.05) is 25.0 Å². The van der Waals surface area contributed by atoms with E-state index >= 15 is 0 Å². The van der Waals surface area contributed by atoms with E-state index in [1.165, 1.54) is 47.8 Å². The van der Waals surface area contributed by atoms with Crippen molar-refractivity contribution in [2.75, 3.05) is 36.4 Å². The molecule has 2 fully saturated rings. The van der Waals surface area contributed by atoms with Crippen LogP contribution in [0, 0.1) is 17.2 Å². The zero-order chi connectivity index (χ0) is 23.3. The minimum Gasteiger partial charge on any atom is -0.372 e. The van der Waals surface area contributed by atoms with Gasteiger partial charge in [0.05, 0.1) is 10.5 Å². The molecule has 2 saturated heterocycles. The molecule has 0 radical (unpaired) electrons. The van der Waals surface area contributed by atoms with Crippen LogP contribution >= 0.6 is 0 Å². The summed E-state index contributed by atoms with van der Waals surface area (Å²) in [6.07, 6.45) is 5.91. The molecule has 0 spiro atoms. The Hall–Kier alpha value is -2.89. The molecular weight excluding hydrogens is 436 g/mol. The predicted octanol–water partition coefficient (Wildman–Crippen LogP) is 3.98. The summed E-state index contributed by atoms with van der Waals surface area (Å²) in [7, 11) is -3.76. The van der Waals surface area contributed by atoms with E-state index in [9.17, 15) is 18.5 Å². The monoisotopic (exact) mass is 466 g/mol. The van der Waals surface area contributed by atoms with E-state index in [0.717, 1.165) is 18.8 Å². The van der Waals surface area contributed by atoms with Gasteiger partial charge in [0.2, 0.25) is 15.9 Å². The Labute approximate surface area is 196 Å². The van der Waals surface area contributed by atoms with Gasteiger partial charge < -0.3 is 10.2 Å². The molecule has 0 saturated carbocycles. The van der Waals surface area contributed by atoms with Gasteiger partial charge in [-0.05, 0) is 62.1 Å². The van der Waals surface area contributed by atoms with Crippen molar-refractivity contribution in [2.24, 2.45) is 5.92 Å². The zero-order valence-electron chi connectivity index (χ0n) is 18.7. The molecule has 2 aliphatic rings. The second-order valence-electron chi connectivity index (χ2n) is 8.72. The lowest BCUT2D eigenvalue weighted by atomic mass is 9.97. The Morgan fingerprint density at radius 2 is 1.55 bits per heavy atom. The van der Waals surface area contributed by atoms with Crippen LogP contribution in [-0.4, -0.2) is 44.8 Å². The number of nitrogens with one attached hydrogen (secondary N) is 1. The van der Waals surface area contributed by atoms with Gasteiger partial charge in [-0.2, -0.15) is 9.57 Å². The maximum atomic E-state index is 13.0. The van der Waals surface area contributed by atoms with Crippen LogP contribution in [0.1, 0.15) is 44.1 Å². The second kappa shape index (κ2) is 10.4. The van der Waals surface area contributed by atoms with Gasteiger partial charge in [-0.15, -0.1) is 0 Å². The van der Waals surface area contributed by atoms with Gasteiger partial charge in [0.15, 0.2) is 0 Å². The third kappa shape index (κ3) is 5.37. The quantitative estimate of drug-likeness (QED) is 0.719. The number of sulfonamides is 1. The zero-order valence-corrected chi connectivity index (χ0v) is 19.6. The maximum absolute atomic E-state index is 13.0. The van der Waals surface area contributed by atoms with Crippen molar-refractivity contribution in [3.05, 3.63) is 54.1 Å². The van der Waals surface area contributed by atoms with Crippen molar-refractivity contribution in [3.8, 4) is 6.07 Å².